The molecule has 8 heavy (non-hydrogen) atoms. The van der Waals surface area contributed by atoms with Crippen LogP contribution in [0, 0.1) is 6.92 Å². The van der Waals surface area contributed by atoms with Crippen LogP contribution in [0.5, 0.6) is 0 Å². The second-order valence-electron chi connectivity index (χ2n) is 2.38. The van der Waals surface area contributed by atoms with Crippen LogP contribution in [0.3, 0.4) is 0 Å². The maximum Gasteiger partial charge on any atom is 0.131 e. The minimum absolute atomic E-state index is 0.137. The van der Waals surface area contributed by atoms with Crippen molar-refractivity contribution >= 4 is 18.4 Å². The lowest BCUT2D eigenvalue weighted by atomic mass is 10.1. The molecule has 0 aromatic rings. The van der Waals surface area contributed by atoms with Gasteiger partial charge in [0, 0.05) is 11.2 Å². The minimum Gasteiger partial charge on any atom is -0.300 e. The molecule has 1 unspecified atom stereocenters. The van der Waals surface area contributed by atoms with E-state index in [4.69, 9.17) is 0 Å². The summed E-state index contributed by atoms with van der Waals surface area (Å²) in [5.41, 5.74) is 0. The predicted molar refractivity (Wildman–Crippen MR) is 38.0 cm³/mol. The van der Waals surface area contributed by atoms with Crippen molar-refractivity contribution in [3.8, 4) is 0 Å². The van der Waals surface area contributed by atoms with Crippen molar-refractivity contribution in [1.82, 2.24) is 0 Å². The molecular formula is C6H11OS. The summed E-state index contributed by atoms with van der Waals surface area (Å²) in [5, 5.41) is 0. The monoisotopic (exact) mass is 131 g/mol. The van der Waals surface area contributed by atoms with E-state index < -0.39 is 0 Å². The zero-order valence-electron chi connectivity index (χ0n) is 5.27. The molecule has 0 fully saturated rings. The van der Waals surface area contributed by atoms with Crippen LogP contribution in [0.2, 0.25) is 0 Å². The van der Waals surface area contributed by atoms with Gasteiger partial charge in [-0.05, 0) is 13.8 Å². The van der Waals surface area contributed by atoms with Gasteiger partial charge >= 0.3 is 0 Å². The van der Waals surface area contributed by atoms with Crippen molar-refractivity contribution in [3.63, 3.8) is 0 Å². The van der Waals surface area contributed by atoms with E-state index in [1.807, 2.05) is 6.92 Å². The number of carbonyl (C=O) groups excluding carboxylic acids is 1. The molecule has 0 spiro atoms. The molecule has 0 aliphatic rings. The van der Waals surface area contributed by atoms with E-state index in [1.54, 1.807) is 6.92 Å². The summed E-state index contributed by atoms with van der Waals surface area (Å²) in [6.07, 6.45) is 0.441. The Morgan fingerprint density at radius 3 is 2.25 bits per heavy atom. The third kappa shape index (κ3) is 6.02. The van der Waals surface area contributed by atoms with Gasteiger partial charge < -0.3 is 0 Å². The van der Waals surface area contributed by atoms with Crippen LogP contribution < -0.4 is 0 Å². The Morgan fingerprint density at radius 2 is 2.25 bits per heavy atom. The van der Waals surface area contributed by atoms with Gasteiger partial charge in [-0.3, -0.25) is 4.79 Å². The summed E-state index contributed by atoms with van der Waals surface area (Å²) >= 11 is 4.06. The highest BCUT2D eigenvalue weighted by Gasteiger charge is 2.13. The van der Waals surface area contributed by atoms with E-state index in [0.29, 0.717) is 6.42 Å². The summed E-state index contributed by atoms with van der Waals surface area (Å²) in [5.74, 6) is 0.137. The Morgan fingerprint density at radius 1 is 1.88 bits per heavy atom. The van der Waals surface area contributed by atoms with E-state index in [0.717, 1.165) is 0 Å². The zero-order chi connectivity index (χ0) is 6.78. The topological polar surface area (TPSA) is 17.1 Å². The van der Waals surface area contributed by atoms with Crippen molar-refractivity contribution in [2.75, 3.05) is 0 Å². The van der Waals surface area contributed by atoms with Gasteiger partial charge in [-0.1, -0.05) is 6.92 Å². The number of hydrogen-bond donors (Lipinski definition) is 1. The lowest BCUT2D eigenvalue weighted by Gasteiger charge is -2.13. The molecule has 0 N–H and O–H groups in total. The number of Topliss-reactive ketones (excluding diaryl/α,β-unsaturated/α-hetero) is 1. The van der Waals surface area contributed by atoms with Gasteiger partial charge in [0.15, 0.2) is 0 Å². The maximum atomic E-state index is 10.4. The summed E-state index contributed by atoms with van der Waals surface area (Å²) in [6, 6.07) is 0. The van der Waals surface area contributed by atoms with Crippen LogP contribution >= 0.6 is 12.6 Å². The summed E-state index contributed by atoms with van der Waals surface area (Å²) in [4.78, 5) is 10.4. The lowest BCUT2D eigenvalue weighted by Crippen LogP contribution is -2.14. The van der Waals surface area contributed by atoms with Crippen molar-refractivity contribution in [2.24, 2.45) is 0 Å². The van der Waals surface area contributed by atoms with Gasteiger partial charge in [-0.15, -0.1) is 0 Å². The summed E-state index contributed by atoms with van der Waals surface area (Å²) in [6.45, 7) is 7.01. The fourth-order valence-corrected chi connectivity index (χ4v) is 0.759. The SMILES string of the molecule is [CH2]C(C)(S)CC(C)=O. The van der Waals surface area contributed by atoms with Crippen LogP contribution in [0.25, 0.3) is 0 Å². The first-order chi connectivity index (χ1) is 3.42. The number of ketones is 1. The van der Waals surface area contributed by atoms with Crippen molar-refractivity contribution in [2.45, 2.75) is 25.0 Å². The number of hydrogen-bond acceptors (Lipinski definition) is 2. The van der Waals surface area contributed by atoms with E-state index in [9.17, 15) is 4.79 Å². The quantitative estimate of drug-likeness (QED) is 0.562. The van der Waals surface area contributed by atoms with Gasteiger partial charge in [0.2, 0.25) is 0 Å². The second-order valence-corrected chi connectivity index (χ2v) is 3.46. The Hall–Kier alpha value is 0.0200. The highest BCUT2D eigenvalue weighted by Crippen LogP contribution is 2.15. The molecule has 0 heterocycles. The predicted octanol–water partition coefficient (Wildman–Crippen LogP) is 1.49. The van der Waals surface area contributed by atoms with Crippen LogP contribution in [-0.4, -0.2) is 10.5 Å². The van der Waals surface area contributed by atoms with Crippen molar-refractivity contribution < 1.29 is 4.79 Å². The van der Waals surface area contributed by atoms with E-state index in [-0.39, 0.29) is 10.5 Å². The molecule has 0 bridgehead atoms. The van der Waals surface area contributed by atoms with Crippen LogP contribution in [-0.2, 0) is 4.79 Å². The molecule has 0 aromatic carbocycles. The molecule has 1 nitrogen and oxygen atoms in total. The number of carbonyl (C=O) groups is 1. The van der Waals surface area contributed by atoms with Crippen molar-refractivity contribution in [3.05, 3.63) is 6.92 Å². The molecule has 0 saturated heterocycles. The molecule has 1 radical (unpaired) electrons. The van der Waals surface area contributed by atoms with Gasteiger partial charge in [0.25, 0.3) is 0 Å². The average Bonchev–Trinajstić information content (AvgIpc) is 1.21. The molecule has 0 aliphatic carbocycles. The Balaban J connectivity index is 3.55. The van der Waals surface area contributed by atoms with Crippen molar-refractivity contribution in [1.29, 1.82) is 0 Å². The number of thiol groups is 1. The minimum atomic E-state index is -0.383. The Kier molecular flexibility index (Phi) is 2.54. The molecule has 2 heteroatoms. The van der Waals surface area contributed by atoms with Gasteiger partial charge in [0.1, 0.15) is 5.78 Å². The molecule has 1 atom stereocenters. The molecule has 0 saturated carbocycles. The highest BCUT2D eigenvalue weighted by atomic mass is 32.1. The molecule has 0 rings (SSSR count). The van der Waals surface area contributed by atoms with Gasteiger partial charge in [-0.25, -0.2) is 0 Å². The van der Waals surface area contributed by atoms with Gasteiger partial charge in [0.05, 0.1) is 0 Å². The molecule has 0 aliphatic heterocycles. The van der Waals surface area contributed by atoms with Gasteiger partial charge in [-0.2, -0.15) is 12.6 Å². The lowest BCUT2D eigenvalue weighted by molar-refractivity contribution is -0.117. The van der Waals surface area contributed by atoms with E-state index in [1.165, 1.54) is 0 Å². The van der Waals surface area contributed by atoms with E-state index >= 15 is 0 Å². The molecular weight excluding hydrogens is 120 g/mol. The largest absolute Gasteiger partial charge is 0.300 e. The van der Waals surface area contributed by atoms with Crippen LogP contribution in [0.15, 0.2) is 0 Å². The fourth-order valence-electron chi connectivity index (χ4n) is 0.536. The summed E-state index contributed by atoms with van der Waals surface area (Å²) in [7, 11) is 0. The summed E-state index contributed by atoms with van der Waals surface area (Å²) < 4.78 is -0.383. The highest BCUT2D eigenvalue weighted by molar-refractivity contribution is 7.81. The Labute approximate surface area is 55.9 Å². The first-order valence-electron chi connectivity index (χ1n) is 2.49. The van der Waals surface area contributed by atoms with E-state index in [2.05, 4.69) is 19.6 Å². The second kappa shape index (κ2) is 2.53. The Bertz CT molecular complexity index is 91.2. The molecule has 0 amide bonds. The van der Waals surface area contributed by atoms with Crippen LogP contribution in [0.4, 0.5) is 0 Å². The van der Waals surface area contributed by atoms with Crippen LogP contribution in [0.1, 0.15) is 20.3 Å². The third-order valence-corrected chi connectivity index (χ3v) is 0.788. The first-order valence-corrected chi connectivity index (χ1v) is 2.94. The fraction of sp³-hybridized carbons (Fsp3) is 0.667. The zero-order valence-corrected chi connectivity index (χ0v) is 6.16. The first kappa shape index (κ1) is 8.02. The molecule has 47 valence electrons. The number of rotatable bonds is 2. The normalized spacial score (nSPS) is 11.5. The standard InChI is InChI=1S/C6H11OS/c1-5(7)4-6(2,3)8/h8H,2,4H2,1,3H3. The smallest absolute Gasteiger partial charge is 0.131 e. The maximum absolute atomic E-state index is 10.4. The third-order valence-electron chi connectivity index (χ3n) is 0.630. The molecule has 0 aromatic heterocycles. The average molecular weight is 131 g/mol.